The molecule has 69 heavy (non-hydrogen) atoms. The van der Waals surface area contributed by atoms with Crippen molar-refractivity contribution >= 4 is 45.4 Å². The van der Waals surface area contributed by atoms with Crippen LogP contribution in [-0.2, 0) is 38.1 Å². The van der Waals surface area contributed by atoms with Gasteiger partial charge in [0.2, 0.25) is 0 Å². The Bertz CT molecular complexity index is 2630. The maximum absolute atomic E-state index is 13.3. The molecular weight excluding hydrogens is 877 g/mol. The van der Waals surface area contributed by atoms with Crippen LogP contribution < -0.4 is 18.9 Å². The molecule has 12 heteroatoms. The van der Waals surface area contributed by atoms with Gasteiger partial charge in [-0.2, -0.15) is 0 Å². The second-order valence-electron chi connectivity index (χ2n) is 20.6. The summed E-state index contributed by atoms with van der Waals surface area (Å²) < 4.78 is 47.2. The quantitative estimate of drug-likeness (QED) is 0.0518. The smallest absolute Gasteiger partial charge is 0.344 e. The summed E-state index contributed by atoms with van der Waals surface area (Å²) in [5, 5.41) is 2.92. The lowest BCUT2D eigenvalue weighted by Crippen LogP contribution is -2.28. The summed E-state index contributed by atoms with van der Waals surface area (Å²) in [6, 6.07) is 36.4. The van der Waals surface area contributed by atoms with Gasteiger partial charge in [-0.15, -0.1) is 0 Å². The number of benzene rings is 6. The van der Waals surface area contributed by atoms with Crippen LogP contribution in [0.15, 0.2) is 115 Å². The predicted molar refractivity (Wildman–Crippen MR) is 266 cm³/mol. The zero-order valence-corrected chi connectivity index (χ0v) is 41.8. The topological polar surface area (TPSA) is 142 Å². The van der Waals surface area contributed by atoms with Gasteiger partial charge in [0, 0.05) is 17.0 Å². The molecule has 0 radical (unpaired) electrons. The summed E-state index contributed by atoms with van der Waals surface area (Å²) in [7, 11) is 0. The van der Waals surface area contributed by atoms with Crippen LogP contribution in [0.3, 0.4) is 0 Å². The van der Waals surface area contributed by atoms with Gasteiger partial charge in [-0.05, 0) is 158 Å². The van der Waals surface area contributed by atoms with E-state index in [2.05, 4.69) is 0 Å². The second-order valence-corrected chi connectivity index (χ2v) is 20.6. The number of rotatable bonds is 16. The summed E-state index contributed by atoms with van der Waals surface area (Å²) in [5.41, 5.74) is 1.24. The van der Waals surface area contributed by atoms with Crippen LogP contribution in [0.25, 0.3) is 32.7 Å². The maximum Gasteiger partial charge on any atom is 0.344 e. The minimum atomic E-state index is -0.760. The lowest BCUT2D eigenvalue weighted by molar-refractivity contribution is -0.158. The van der Waals surface area contributed by atoms with Gasteiger partial charge in [0.1, 0.15) is 45.4 Å². The molecule has 364 valence electrons. The van der Waals surface area contributed by atoms with Gasteiger partial charge in [0.05, 0.1) is 0 Å². The first-order valence-electron chi connectivity index (χ1n) is 23.0. The second kappa shape index (κ2) is 21.1. The van der Waals surface area contributed by atoms with Crippen LogP contribution >= 0.6 is 0 Å². The van der Waals surface area contributed by atoms with E-state index in [4.69, 9.17) is 37.9 Å². The third-order valence-corrected chi connectivity index (χ3v) is 10.00. The lowest BCUT2D eigenvalue weighted by Gasteiger charge is -2.28. The van der Waals surface area contributed by atoms with Crippen molar-refractivity contribution in [1.29, 1.82) is 0 Å². The molecule has 0 N–H and O–H groups in total. The Labute approximate surface area is 405 Å². The molecule has 0 heterocycles. The molecule has 0 fully saturated rings. The maximum atomic E-state index is 13.3. The molecule has 0 saturated heterocycles. The number of hydrogen-bond acceptors (Lipinski definition) is 12. The summed E-state index contributed by atoms with van der Waals surface area (Å²) in [5.74, 6) is -1.26. The normalized spacial score (nSPS) is 12.1. The van der Waals surface area contributed by atoms with Crippen molar-refractivity contribution < 1.29 is 57.1 Å². The number of fused-ring (bicyclic) bond motifs is 2. The van der Waals surface area contributed by atoms with Gasteiger partial charge < -0.3 is 37.9 Å². The van der Waals surface area contributed by atoms with Crippen molar-refractivity contribution in [1.82, 2.24) is 0 Å². The summed E-state index contributed by atoms with van der Waals surface area (Å²) >= 11 is 0. The third kappa shape index (κ3) is 15.0. The molecule has 0 unspecified atom stereocenters. The first-order valence-corrected chi connectivity index (χ1v) is 23.0. The molecule has 12 nitrogen and oxygen atoms in total. The average molecular weight is 941 g/mol. The van der Waals surface area contributed by atoms with Crippen molar-refractivity contribution in [3.05, 3.63) is 132 Å². The zero-order chi connectivity index (χ0) is 50.3. The molecule has 0 saturated carbocycles. The van der Waals surface area contributed by atoms with Gasteiger partial charge in [-0.1, -0.05) is 78.9 Å². The molecule has 0 bridgehead atoms. The molecule has 6 rings (SSSR count). The zero-order valence-electron chi connectivity index (χ0n) is 41.8. The molecule has 0 aliphatic carbocycles. The van der Waals surface area contributed by atoms with Gasteiger partial charge in [-0.25, -0.2) is 19.2 Å². The van der Waals surface area contributed by atoms with Crippen LogP contribution in [0.2, 0.25) is 0 Å². The fraction of sp³-hybridized carbons (Fsp3) is 0.368. The van der Waals surface area contributed by atoms with Crippen molar-refractivity contribution in [2.75, 3.05) is 26.4 Å². The Morgan fingerprint density at radius 3 is 1.10 bits per heavy atom. The number of esters is 4. The first-order chi connectivity index (χ1) is 32.3. The van der Waals surface area contributed by atoms with Crippen molar-refractivity contribution in [3.63, 3.8) is 0 Å². The molecular formula is C57H64O12. The van der Waals surface area contributed by atoms with Crippen molar-refractivity contribution in [2.24, 2.45) is 0 Å². The third-order valence-electron chi connectivity index (χ3n) is 10.00. The number of carbonyl (C=O) groups is 4. The standard InChI is InChI=1S/C57H64O12/c1-54(2,3)66-47(58)32-62-41-24-26-43-39(30-41)22-28-45(64-34-49(60)68-56(7,8)9)52(43)51(38-20-18-37(19-21-38)36-16-14-13-15-17-36)53-44-27-25-42(63-33-48(59)67-55(4,5)6)31-40(44)23-29-46(53)65-35-50(61)69-57(10,11)12/h13-31,51H,32-35H2,1-12H3. The Balaban J connectivity index is 1.59. The Morgan fingerprint density at radius 1 is 0.391 bits per heavy atom. The number of hydrogen-bond donors (Lipinski definition) is 0. The molecule has 0 aliphatic rings. The molecule has 0 atom stereocenters. The van der Waals surface area contributed by atoms with E-state index in [0.29, 0.717) is 34.1 Å². The van der Waals surface area contributed by atoms with Gasteiger partial charge in [0.15, 0.2) is 26.4 Å². The molecule has 0 aromatic heterocycles. The van der Waals surface area contributed by atoms with Crippen molar-refractivity contribution in [3.8, 4) is 34.1 Å². The van der Waals surface area contributed by atoms with E-state index in [1.54, 1.807) is 107 Å². The molecule has 6 aromatic carbocycles. The first kappa shape index (κ1) is 51.3. The fourth-order valence-electron chi connectivity index (χ4n) is 7.67. The Kier molecular flexibility index (Phi) is 15.7. The monoisotopic (exact) mass is 940 g/mol. The summed E-state index contributed by atoms with van der Waals surface area (Å²) in [6.07, 6.45) is 0. The van der Waals surface area contributed by atoms with E-state index < -0.39 is 65.4 Å². The van der Waals surface area contributed by atoms with E-state index in [9.17, 15) is 19.2 Å². The van der Waals surface area contributed by atoms with E-state index in [-0.39, 0.29) is 13.2 Å². The van der Waals surface area contributed by atoms with E-state index in [1.165, 1.54) is 0 Å². The predicted octanol–water partition coefficient (Wildman–Crippen LogP) is 11.7. The number of ether oxygens (including phenoxy) is 8. The molecule has 0 amide bonds. The fourth-order valence-corrected chi connectivity index (χ4v) is 7.67. The molecule has 0 aliphatic heterocycles. The van der Waals surface area contributed by atoms with Gasteiger partial charge >= 0.3 is 23.9 Å². The van der Waals surface area contributed by atoms with E-state index in [1.807, 2.05) is 91.0 Å². The van der Waals surface area contributed by atoms with Crippen LogP contribution in [0, 0.1) is 0 Å². The lowest BCUT2D eigenvalue weighted by atomic mass is 9.79. The SMILES string of the molecule is CC(C)(C)OC(=O)COc1ccc2c(C(c3ccc(-c4ccccc4)cc3)c3c(OCC(=O)OC(C)(C)C)ccc4cc(OCC(=O)OC(C)(C)C)ccc34)c(OCC(=O)OC(C)(C)C)ccc2c1. The average Bonchev–Trinajstić information content (AvgIpc) is 3.25. The molecule has 6 aromatic rings. The van der Waals surface area contributed by atoms with Crippen LogP contribution in [0.1, 0.15) is 106 Å². The number of carbonyl (C=O) groups excluding carboxylic acids is 4. The highest BCUT2D eigenvalue weighted by Crippen LogP contribution is 2.48. The minimum absolute atomic E-state index is 0.305. The van der Waals surface area contributed by atoms with Gasteiger partial charge in [0.25, 0.3) is 0 Å². The van der Waals surface area contributed by atoms with Crippen LogP contribution in [-0.4, -0.2) is 72.7 Å². The highest BCUT2D eigenvalue weighted by Gasteiger charge is 2.31. The van der Waals surface area contributed by atoms with Gasteiger partial charge in [-0.3, -0.25) is 0 Å². The molecule has 0 spiro atoms. The Morgan fingerprint density at radius 2 is 0.739 bits per heavy atom. The van der Waals surface area contributed by atoms with E-state index >= 15 is 0 Å². The van der Waals surface area contributed by atoms with Crippen LogP contribution in [0.4, 0.5) is 0 Å². The van der Waals surface area contributed by atoms with Crippen molar-refractivity contribution in [2.45, 2.75) is 111 Å². The van der Waals surface area contributed by atoms with Crippen LogP contribution in [0.5, 0.6) is 23.0 Å². The van der Waals surface area contributed by atoms with E-state index in [0.717, 1.165) is 38.2 Å². The summed E-state index contributed by atoms with van der Waals surface area (Å²) in [4.78, 5) is 52.0. The Hall–Kier alpha value is -7.08. The largest absolute Gasteiger partial charge is 0.482 e. The minimum Gasteiger partial charge on any atom is -0.482 e. The highest BCUT2D eigenvalue weighted by molar-refractivity contribution is 5.95. The summed E-state index contributed by atoms with van der Waals surface area (Å²) in [6.45, 7) is 20.1. The highest BCUT2D eigenvalue weighted by atomic mass is 16.6.